The normalized spacial score (nSPS) is 12.3. The van der Waals surface area contributed by atoms with E-state index < -0.39 is 0 Å². The van der Waals surface area contributed by atoms with Crippen molar-refractivity contribution in [2.24, 2.45) is 0 Å². The van der Waals surface area contributed by atoms with Crippen molar-refractivity contribution in [3.05, 3.63) is 65.7 Å². The van der Waals surface area contributed by atoms with Gasteiger partial charge in [-0.2, -0.15) is 4.68 Å². The number of tetrazole rings is 1. The van der Waals surface area contributed by atoms with E-state index in [2.05, 4.69) is 71.0 Å². The van der Waals surface area contributed by atoms with Gasteiger partial charge in [-0.3, -0.25) is 0 Å². The molecule has 3 aromatic rings. The lowest BCUT2D eigenvalue weighted by Crippen LogP contribution is -2.27. The molecule has 0 spiro atoms. The summed E-state index contributed by atoms with van der Waals surface area (Å²) in [6, 6.07) is 18.9. The van der Waals surface area contributed by atoms with E-state index in [4.69, 9.17) is 0 Å². The van der Waals surface area contributed by atoms with Crippen LogP contribution < -0.4 is 5.32 Å². The fraction of sp³-hybridized carbons (Fsp3) is 0.316. The molecular weight excluding hydrogens is 312 g/mol. The van der Waals surface area contributed by atoms with E-state index in [1.54, 1.807) is 4.68 Å². The molecule has 6 nitrogen and oxygen atoms in total. The van der Waals surface area contributed by atoms with Crippen LogP contribution in [-0.2, 0) is 6.42 Å². The first-order valence-electron chi connectivity index (χ1n) is 8.52. The average Bonchev–Trinajstić information content (AvgIpc) is 3.11. The van der Waals surface area contributed by atoms with Crippen molar-refractivity contribution >= 4 is 5.95 Å². The van der Waals surface area contributed by atoms with Gasteiger partial charge in [-0.1, -0.05) is 54.5 Å². The summed E-state index contributed by atoms with van der Waals surface area (Å²) in [7, 11) is 4.17. The maximum absolute atomic E-state index is 4.12. The van der Waals surface area contributed by atoms with Gasteiger partial charge in [0.15, 0.2) is 0 Å². The number of aromatic nitrogens is 4. The van der Waals surface area contributed by atoms with Crippen LogP contribution in [0.4, 0.5) is 5.95 Å². The Hall–Kier alpha value is -2.73. The molecule has 6 heteroatoms. The Balaban J connectivity index is 1.75. The summed E-state index contributed by atoms with van der Waals surface area (Å²) < 4.78 is 1.72. The number of para-hydroxylation sites is 1. The van der Waals surface area contributed by atoms with Crippen LogP contribution in [0.2, 0.25) is 0 Å². The van der Waals surface area contributed by atoms with Gasteiger partial charge in [-0.15, -0.1) is 0 Å². The summed E-state index contributed by atoms with van der Waals surface area (Å²) >= 11 is 0. The molecule has 0 fully saturated rings. The minimum Gasteiger partial charge on any atom is -0.351 e. The monoisotopic (exact) mass is 336 g/mol. The summed E-state index contributed by atoms with van der Waals surface area (Å²) in [5.41, 5.74) is 3.55. The highest BCUT2D eigenvalue weighted by Crippen LogP contribution is 2.20. The van der Waals surface area contributed by atoms with Gasteiger partial charge in [0.05, 0.1) is 11.7 Å². The smallest absolute Gasteiger partial charge is 0.247 e. The number of nitrogens with zero attached hydrogens (tertiary/aromatic N) is 5. The van der Waals surface area contributed by atoms with Crippen molar-refractivity contribution in [3.63, 3.8) is 0 Å². The van der Waals surface area contributed by atoms with Gasteiger partial charge < -0.3 is 10.2 Å². The van der Waals surface area contributed by atoms with E-state index in [-0.39, 0.29) is 6.04 Å². The minimum absolute atomic E-state index is 0.229. The van der Waals surface area contributed by atoms with Crippen molar-refractivity contribution in [1.82, 2.24) is 25.1 Å². The first-order chi connectivity index (χ1) is 12.2. The molecule has 1 heterocycles. The predicted octanol–water partition coefficient (Wildman–Crippen LogP) is 2.94. The number of anilines is 1. The van der Waals surface area contributed by atoms with E-state index in [1.165, 1.54) is 11.1 Å². The Morgan fingerprint density at radius 1 is 1.04 bits per heavy atom. The van der Waals surface area contributed by atoms with Crippen molar-refractivity contribution in [2.45, 2.75) is 19.4 Å². The van der Waals surface area contributed by atoms with Crippen molar-refractivity contribution < 1.29 is 0 Å². The standard InChI is InChI=1S/C19H24N6/c1-4-15-10-12-16(13-11-15)18(24(2)3)14-20-19-21-22-23-25(19)17-8-6-5-7-9-17/h5-13,18H,4,14H2,1-3H3,(H,20,21,23). The molecule has 0 saturated heterocycles. The van der Waals surface area contributed by atoms with E-state index >= 15 is 0 Å². The second-order valence-corrected chi connectivity index (χ2v) is 6.21. The van der Waals surface area contributed by atoms with Crippen molar-refractivity contribution in [1.29, 1.82) is 0 Å². The summed E-state index contributed by atoms with van der Waals surface area (Å²) in [6.07, 6.45) is 1.05. The summed E-state index contributed by atoms with van der Waals surface area (Å²) in [5.74, 6) is 0.642. The number of nitrogens with one attached hydrogen (secondary N) is 1. The highest BCUT2D eigenvalue weighted by Gasteiger charge is 2.16. The van der Waals surface area contributed by atoms with Gasteiger partial charge in [0, 0.05) is 6.54 Å². The molecule has 1 N–H and O–H groups in total. The molecule has 3 rings (SSSR count). The van der Waals surface area contributed by atoms with Crippen LogP contribution in [0.25, 0.3) is 5.69 Å². The van der Waals surface area contributed by atoms with Crippen LogP contribution in [-0.4, -0.2) is 45.7 Å². The Morgan fingerprint density at radius 3 is 2.40 bits per heavy atom. The molecule has 1 unspecified atom stereocenters. The van der Waals surface area contributed by atoms with Gasteiger partial charge in [0.1, 0.15) is 0 Å². The summed E-state index contributed by atoms with van der Waals surface area (Å²) in [4.78, 5) is 2.20. The van der Waals surface area contributed by atoms with Crippen LogP contribution in [0.5, 0.6) is 0 Å². The molecule has 0 aliphatic carbocycles. The van der Waals surface area contributed by atoms with Crippen LogP contribution in [0.3, 0.4) is 0 Å². The topological polar surface area (TPSA) is 58.9 Å². The van der Waals surface area contributed by atoms with Crippen LogP contribution in [0.15, 0.2) is 54.6 Å². The molecule has 25 heavy (non-hydrogen) atoms. The quantitative estimate of drug-likeness (QED) is 0.719. The van der Waals surface area contributed by atoms with Gasteiger partial charge in [-0.05, 0) is 54.2 Å². The number of rotatable bonds is 7. The Bertz CT molecular complexity index is 779. The third kappa shape index (κ3) is 4.03. The summed E-state index contributed by atoms with van der Waals surface area (Å²) in [6.45, 7) is 2.88. The number of hydrogen-bond acceptors (Lipinski definition) is 5. The molecule has 0 aliphatic heterocycles. The van der Waals surface area contributed by atoms with E-state index in [9.17, 15) is 0 Å². The lowest BCUT2D eigenvalue weighted by Gasteiger charge is -2.25. The Morgan fingerprint density at radius 2 is 1.76 bits per heavy atom. The highest BCUT2D eigenvalue weighted by atomic mass is 15.6. The number of benzene rings is 2. The first-order valence-corrected chi connectivity index (χ1v) is 8.52. The highest BCUT2D eigenvalue weighted by molar-refractivity contribution is 5.38. The molecule has 1 atom stereocenters. The van der Waals surface area contributed by atoms with E-state index in [1.807, 2.05) is 30.3 Å². The molecule has 130 valence electrons. The molecule has 0 radical (unpaired) electrons. The van der Waals surface area contributed by atoms with Crippen LogP contribution in [0, 0.1) is 0 Å². The molecule has 0 saturated carbocycles. The van der Waals surface area contributed by atoms with Crippen LogP contribution >= 0.6 is 0 Å². The predicted molar refractivity (Wildman–Crippen MR) is 99.9 cm³/mol. The fourth-order valence-electron chi connectivity index (χ4n) is 2.80. The van der Waals surface area contributed by atoms with Crippen molar-refractivity contribution in [3.8, 4) is 5.69 Å². The summed E-state index contributed by atoms with van der Waals surface area (Å²) in [5, 5.41) is 15.4. The Kier molecular flexibility index (Phi) is 5.40. The van der Waals surface area contributed by atoms with Crippen LogP contribution in [0.1, 0.15) is 24.1 Å². The lowest BCUT2D eigenvalue weighted by atomic mass is 10.0. The molecule has 2 aromatic carbocycles. The number of aryl methyl sites for hydroxylation is 1. The zero-order valence-electron chi connectivity index (χ0n) is 14.9. The molecule has 0 bridgehead atoms. The maximum Gasteiger partial charge on any atom is 0.247 e. The average molecular weight is 336 g/mol. The second-order valence-electron chi connectivity index (χ2n) is 6.21. The largest absolute Gasteiger partial charge is 0.351 e. The van der Waals surface area contributed by atoms with Gasteiger partial charge >= 0.3 is 0 Å². The third-order valence-electron chi connectivity index (χ3n) is 4.32. The third-order valence-corrected chi connectivity index (χ3v) is 4.32. The zero-order chi connectivity index (χ0) is 17.6. The lowest BCUT2D eigenvalue weighted by molar-refractivity contribution is 0.311. The Labute approximate surface area is 148 Å². The maximum atomic E-state index is 4.12. The van der Waals surface area contributed by atoms with Gasteiger partial charge in [-0.25, -0.2) is 0 Å². The number of likely N-dealkylation sites (N-methyl/N-ethyl adjacent to an activating group) is 1. The first kappa shape index (κ1) is 17.1. The zero-order valence-corrected chi connectivity index (χ0v) is 14.9. The van der Waals surface area contributed by atoms with Gasteiger partial charge in [0.2, 0.25) is 5.95 Å². The SMILES string of the molecule is CCc1ccc(C(CNc2nnnn2-c2ccccc2)N(C)C)cc1. The molecule has 0 aliphatic rings. The second kappa shape index (κ2) is 7.90. The molecular formula is C19H24N6. The minimum atomic E-state index is 0.229. The van der Waals surface area contributed by atoms with E-state index in [0.717, 1.165) is 12.1 Å². The molecule has 1 aromatic heterocycles. The fourth-order valence-corrected chi connectivity index (χ4v) is 2.80. The van der Waals surface area contributed by atoms with Gasteiger partial charge in [0.25, 0.3) is 0 Å². The van der Waals surface area contributed by atoms with E-state index in [0.29, 0.717) is 12.5 Å². The van der Waals surface area contributed by atoms with Crippen molar-refractivity contribution in [2.75, 3.05) is 26.0 Å². The number of hydrogen-bond donors (Lipinski definition) is 1. The molecule has 0 amide bonds.